The van der Waals surface area contributed by atoms with Crippen LogP contribution in [0.1, 0.15) is 67.6 Å². The minimum absolute atomic E-state index is 0.0972. The number of nitrogens with zero attached hydrogens (tertiary/aromatic N) is 2. The monoisotopic (exact) mass is 405 g/mol. The number of hydrogen-bond donors (Lipinski definition) is 2. The molecule has 0 aliphatic heterocycles. The van der Waals surface area contributed by atoms with Crippen LogP contribution in [-0.2, 0) is 17.4 Å². The van der Waals surface area contributed by atoms with E-state index in [9.17, 15) is 9.59 Å². The zero-order valence-electron chi connectivity index (χ0n) is 17.8. The van der Waals surface area contributed by atoms with Crippen molar-refractivity contribution in [2.45, 2.75) is 57.9 Å². The molecule has 1 amide bonds. The summed E-state index contributed by atoms with van der Waals surface area (Å²) in [5.74, 6) is -0.661. The summed E-state index contributed by atoms with van der Waals surface area (Å²) in [6.07, 6.45) is 3.83. The number of benzene rings is 2. The molecule has 2 aromatic carbocycles. The first kappa shape index (κ1) is 20.3. The van der Waals surface area contributed by atoms with Gasteiger partial charge in [0.05, 0.1) is 23.8 Å². The van der Waals surface area contributed by atoms with E-state index >= 15 is 0 Å². The molecule has 156 valence electrons. The van der Waals surface area contributed by atoms with E-state index in [1.54, 1.807) is 22.4 Å². The third-order valence-corrected chi connectivity index (χ3v) is 6.46. The summed E-state index contributed by atoms with van der Waals surface area (Å²) in [4.78, 5) is 29.1. The first-order valence-corrected chi connectivity index (χ1v) is 10.2. The maximum Gasteiger partial charge on any atom is 0.274 e. The Balaban J connectivity index is 1.75. The molecule has 0 spiro atoms. The van der Waals surface area contributed by atoms with Crippen molar-refractivity contribution in [1.82, 2.24) is 15.0 Å². The van der Waals surface area contributed by atoms with Crippen molar-refractivity contribution in [3.8, 4) is 0 Å². The van der Waals surface area contributed by atoms with Gasteiger partial charge in [0.25, 0.3) is 11.5 Å². The molecule has 6 nitrogen and oxygen atoms in total. The number of rotatable bonds is 3. The predicted octanol–water partition coefficient (Wildman–Crippen LogP) is 3.91. The van der Waals surface area contributed by atoms with Gasteiger partial charge in [0.1, 0.15) is 0 Å². The van der Waals surface area contributed by atoms with E-state index in [0.29, 0.717) is 17.4 Å². The van der Waals surface area contributed by atoms with Crippen LogP contribution in [0.3, 0.4) is 0 Å². The second-order valence-electron chi connectivity index (χ2n) is 9.50. The number of hydrogen-bond acceptors (Lipinski definition) is 4. The predicted molar refractivity (Wildman–Crippen MR) is 116 cm³/mol. The number of aromatic nitrogens is 2. The summed E-state index contributed by atoms with van der Waals surface area (Å²) in [6.45, 7) is 9.55. The van der Waals surface area contributed by atoms with Crippen LogP contribution in [0, 0.1) is 0 Å². The average Bonchev–Trinajstić information content (AvgIpc) is 2.73. The summed E-state index contributed by atoms with van der Waals surface area (Å²) in [6, 6.07) is 11.1. The van der Waals surface area contributed by atoms with E-state index in [2.05, 4.69) is 50.9 Å². The van der Waals surface area contributed by atoms with Crippen molar-refractivity contribution in [3.63, 3.8) is 0 Å². The minimum Gasteiger partial charge on any atom is -0.294 e. The molecule has 4 rings (SSSR count). The lowest BCUT2D eigenvalue weighted by atomic mass is 9.63. The molecule has 30 heavy (non-hydrogen) atoms. The molecule has 0 radical (unpaired) electrons. The van der Waals surface area contributed by atoms with Crippen LogP contribution >= 0.6 is 0 Å². The molecule has 0 unspecified atom stereocenters. The fourth-order valence-corrected chi connectivity index (χ4v) is 4.41. The van der Waals surface area contributed by atoms with Gasteiger partial charge in [0.15, 0.2) is 0 Å². The SMILES string of the molecule is CC1(C)CCC(C)(C)c2cc(Cn3cnc4ccc(C(=O)NO)cc4c3=O)ccc21. The first-order valence-electron chi connectivity index (χ1n) is 10.2. The largest absolute Gasteiger partial charge is 0.294 e. The molecule has 3 aromatic rings. The van der Waals surface area contributed by atoms with Crippen molar-refractivity contribution < 1.29 is 10.0 Å². The molecule has 0 atom stereocenters. The average molecular weight is 405 g/mol. The number of hydroxylamine groups is 1. The molecule has 1 aliphatic carbocycles. The highest BCUT2D eigenvalue weighted by atomic mass is 16.5. The van der Waals surface area contributed by atoms with Gasteiger partial charge in [-0.05, 0) is 58.6 Å². The van der Waals surface area contributed by atoms with Crippen molar-refractivity contribution in [1.29, 1.82) is 0 Å². The molecule has 6 heteroatoms. The summed E-state index contributed by atoms with van der Waals surface area (Å²) in [5.41, 5.74) is 6.12. The molecule has 1 aromatic heterocycles. The van der Waals surface area contributed by atoms with Crippen molar-refractivity contribution in [3.05, 3.63) is 75.3 Å². The molecule has 1 aliphatic rings. The van der Waals surface area contributed by atoms with Crippen LogP contribution in [0.15, 0.2) is 47.5 Å². The van der Waals surface area contributed by atoms with Crippen molar-refractivity contribution in [2.75, 3.05) is 0 Å². The van der Waals surface area contributed by atoms with Crippen LogP contribution in [0.25, 0.3) is 10.9 Å². The summed E-state index contributed by atoms with van der Waals surface area (Å²) in [7, 11) is 0. The van der Waals surface area contributed by atoms with Gasteiger partial charge in [-0.15, -0.1) is 0 Å². The lowest BCUT2D eigenvalue weighted by Crippen LogP contribution is -2.34. The number of amides is 1. The smallest absolute Gasteiger partial charge is 0.274 e. The topological polar surface area (TPSA) is 84.2 Å². The molecule has 0 saturated carbocycles. The highest BCUT2D eigenvalue weighted by molar-refractivity contribution is 5.97. The van der Waals surface area contributed by atoms with Crippen LogP contribution in [0.5, 0.6) is 0 Å². The van der Waals surface area contributed by atoms with Crippen molar-refractivity contribution >= 4 is 16.8 Å². The van der Waals surface area contributed by atoms with Gasteiger partial charge in [0, 0.05) is 5.56 Å². The van der Waals surface area contributed by atoms with Crippen LogP contribution < -0.4 is 11.0 Å². The Hall–Kier alpha value is -2.99. The number of carbonyl (C=O) groups excluding carboxylic acids is 1. The first-order chi connectivity index (χ1) is 14.1. The second kappa shape index (κ2) is 7.06. The standard InChI is InChI=1S/C24H27N3O3/c1-23(2)9-10-24(3,4)19-11-15(5-7-18(19)23)13-27-14-25-20-8-6-16(21(28)26-30)12-17(20)22(27)29/h5-8,11-12,14,30H,9-10,13H2,1-4H3,(H,26,28). The fourth-order valence-electron chi connectivity index (χ4n) is 4.41. The Labute approximate surface area is 175 Å². The fraction of sp³-hybridized carbons (Fsp3) is 0.375. The van der Waals surface area contributed by atoms with E-state index in [4.69, 9.17) is 5.21 Å². The maximum atomic E-state index is 13.0. The number of nitrogens with one attached hydrogen (secondary N) is 1. The second-order valence-corrected chi connectivity index (χ2v) is 9.50. The molecule has 0 saturated heterocycles. The van der Waals surface area contributed by atoms with Gasteiger partial charge >= 0.3 is 0 Å². The van der Waals surface area contributed by atoms with E-state index in [-0.39, 0.29) is 22.0 Å². The quantitative estimate of drug-likeness (QED) is 0.511. The summed E-state index contributed by atoms with van der Waals surface area (Å²) < 4.78 is 1.56. The molecule has 1 heterocycles. The van der Waals surface area contributed by atoms with Gasteiger partial charge in [-0.3, -0.25) is 19.4 Å². The Morgan fingerprint density at radius 1 is 1.07 bits per heavy atom. The van der Waals surface area contributed by atoms with Crippen molar-refractivity contribution in [2.24, 2.45) is 0 Å². The van der Waals surface area contributed by atoms with E-state index in [1.807, 2.05) is 0 Å². The Morgan fingerprint density at radius 2 is 1.77 bits per heavy atom. The third kappa shape index (κ3) is 3.41. The van der Waals surface area contributed by atoms with Gasteiger partial charge in [-0.1, -0.05) is 45.9 Å². The van der Waals surface area contributed by atoms with Gasteiger partial charge in [-0.25, -0.2) is 10.5 Å². The van der Waals surface area contributed by atoms with E-state index in [1.165, 1.54) is 23.3 Å². The highest BCUT2D eigenvalue weighted by Gasteiger charge is 2.36. The Kier molecular flexibility index (Phi) is 4.77. The summed E-state index contributed by atoms with van der Waals surface area (Å²) >= 11 is 0. The molecule has 0 bridgehead atoms. The molecule has 0 fully saturated rings. The zero-order valence-corrected chi connectivity index (χ0v) is 17.8. The van der Waals surface area contributed by atoms with Gasteiger partial charge in [-0.2, -0.15) is 0 Å². The summed E-state index contributed by atoms with van der Waals surface area (Å²) in [5, 5.41) is 9.20. The maximum absolute atomic E-state index is 13.0. The number of fused-ring (bicyclic) bond motifs is 2. The Bertz CT molecular complexity index is 1210. The van der Waals surface area contributed by atoms with Crippen LogP contribution in [-0.4, -0.2) is 20.7 Å². The third-order valence-electron chi connectivity index (χ3n) is 6.46. The Morgan fingerprint density at radius 3 is 2.47 bits per heavy atom. The molecular formula is C24H27N3O3. The lowest BCUT2D eigenvalue weighted by molar-refractivity contribution is 0.0706. The van der Waals surface area contributed by atoms with Crippen LogP contribution in [0.4, 0.5) is 0 Å². The van der Waals surface area contributed by atoms with E-state index < -0.39 is 5.91 Å². The molecule has 2 N–H and O–H groups in total. The van der Waals surface area contributed by atoms with Gasteiger partial charge in [0.2, 0.25) is 0 Å². The highest BCUT2D eigenvalue weighted by Crippen LogP contribution is 2.45. The number of carbonyl (C=O) groups is 1. The lowest BCUT2D eigenvalue weighted by Gasteiger charge is -2.42. The normalized spacial score (nSPS) is 16.8. The van der Waals surface area contributed by atoms with E-state index in [0.717, 1.165) is 18.4 Å². The zero-order chi connectivity index (χ0) is 21.7. The van der Waals surface area contributed by atoms with Crippen LogP contribution in [0.2, 0.25) is 0 Å². The minimum atomic E-state index is -0.661. The molecular weight excluding hydrogens is 378 g/mol. The van der Waals surface area contributed by atoms with Gasteiger partial charge < -0.3 is 0 Å².